The number of ether oxygens (including phenoxy) is 1. The smallest absolute Gasteiger partial charge is 0.328 e. The van der Waals surface area contributed by atoms with Gasteiger partial charge in [0.05, 0.1) is 6.61 Å². The standard InChI is InChI=1S/C17H21BrN2O4/c1-2-19-9-7-17(8-10-19)20(14(11-24-17)16(22)23)15(21)12-3-5-13(18)6-4-12/h3-6,14H,2,7-11H2,1H3,(H,22,23)/t14-/m0/s1. The SMILES string of the molecule is CCN1CCC2(CC1)OC[C@@H](C(=O)O)N2C(=O)c1ccc(Br)cc1. The third-order valence-corrected chi connectivity index (χ3v) is 5.47. The van der Waals surface area contributed by atoms with Crippen molar-refractivity contribution in [2.45, 2.75) is 31.5 Å². The Morgan fingerprint density at radius 1 is 1.29 bits per heavy atom. The number of carboxylic acids is 1. The summed E-state index contributed by atoms with van der Waals surface area (Å²) in [5, 5.41) is 9.54. The van der Waals surface area contributed by atoms with Gasteiger partial charge in [-0.05, 0) is 30.8 Å². The van der Waals surface area contributed by atoms with Crippen LogP contribution in [0.3, 0.4) is 0 Å². The Labute approximate surface area is 149 Å². The molecule has 2 aliphatic heterocycles. The molecule has 0 bridgehead atoms. The summed E-state index contributed by atoms with van der Waals surface area (Å²) in [6, 6.07) is 6.05. The molecule has 2 aliphatic rings. The lowest BCUT2D eigenvalue weighted by Gasteiger charge is -2.44. The molecule has 1 amide bonds. The van der Waals surface area contributed by atoms with Crippen LogP contribution < -0.4 is 0 Å². The van der Waals surface area contributed by atoms with Gasteiger partial charge in [-0.25, -0.2) is 4.79 Å². The maximum atomic E-state index is 13.1. The van der Waals surface area contributed by atoms with E-state index in [0.29, 0.717) is 18.4 Å². The van der Waals surface area contributed by atoms with Crippen LogP contribution in [0.4, 0.5) is 0 Å². The second kappa shape index (κ2) is 6.82. The van der Waals surface area contributed by atoms with E-state index in [9.17, 15) is 14.7 Å². The fraction of sp³-hybridized carbons (Fsp3) is 0.529. The van der Waals surface area contributed by atoms with Gasteiger partial charge in [0.25, 0.3) is 5.91 Å². The summed E-state index contributed by atoms with van der Waals surface area (Å²) in [6.45, 7) is 4.68. The van der Waals surface area contributed by atoms with Gasteiger partial charge in [0.1, 0.15) is 5.72 Å². The molecule has 1 aromatic rings. The third-order valence-electron chi connectivity index (χ3n) is 4.94. The number of carbonyl (C=O) groups is 2. The zero-order valence-corrected chi connectivity index (χ0v) is 15.2. The monoisotopic (exact) mass is 396 g/mol. The van der Waals surface area contributed by atoms with Crippen molar-refractivity contribution in [1.29, 1.82) is 0 Å². The van der Waals surface area contributed by atoms with E-state index < -0.39 is 17.7 Å². The number of likely N-dealkylation sites (tertiary alicyclic amines) is 1. The van der Waals surface area contributed by atoms with Crippen LogP contribution >= 0.6 is 15.9 Å². The minimum Gasteiger partial charge on any atom is -0.480 e. The topological polar surface area (TPSA) is 70.1 Å². The van der Waals surface area contributed by atoms with Gasteiger partial charge in [-0.3, -0.25) is 9.69 Å². The Kier molecular flexibility index (Phi) is 4.94. The van der Waals surface area contributed by atoms with Crippen molar-refractivity contribution in [2.24, 2.45) is 0 Å². The number of amides is 1. The zero-order valence-electron chi connectivity index (χ0n) is 13.6. The van der Waals surface area contributed by atoms with E-state index in [0.717, 1.165) is 24.1 Å². The first-order chi connectivity index (χ1) is 11.5. The highest BCUT2D eigenvalue weighted by Crippen LogP contribution is 2.38. The van der Waals surface area contributed by atoms with Crippen molar-refractivity contribution in [3.05, 3.63) is 34.3 Å². The Hall–Kier alpha value is -1.44. The molecule has 0 unspecified atom stereocenters. The first-order valence-corrected chi connectivity index (χ1v) is 8.94. The minimum atomic E-state index is -1.02. The first-order valence-electron chi connectivity index (χ1n) is 8.15. The van der Waals surface area contributed by atoms with E-state index in [1.165, 1.54) is 4.90 Å². The lowest BCUT2D eigenvalue weighted by molar-refractivity contribution is -0.143. The molecule has 2 saturated heterocycles. The molecule has 130 valence electrons. The highest BCUT2D eigenvalue weighted by Gasteiger charge is 2.53. The summed E-state index contributed by atoms with van der Waals surface area (Å²) >= 11 is 3.35. The number of hydrogen-bond donors (Lipinski definition) is 1. The molecule has 0 aliphatic carbocycles. The molecule has 0 radical (unpaired) electrons. The molecule has 2 fully saturated rings. The molecule has 7 heteroatoms. The normalized spacial score (nSPS) is 23.6. The summed E-state index contributed by atoms with van der Waals surface area (Å²) in [7, 11) is 0. The van der Waals surface area contributed by atoms with Gasteiger partial charge in [-0.1, -0.05) is 22.9 Å². The van der Waals surface area contributed by atoms with Crippen LogP contribution in [0.5, 0.6) is 0 Å². The fourth-order valence-electron chi connectivity index (χ4n) is 3.51. The highest BCUT2D eigenvalue weighted by atomic mass is 79.9. The van der Waals surface area contributed by atoms with Gasteiger partial charge in [-0.15, -0.1) is 0 Å². The van der Waals surface area contributed by atoms with Gasteiger partial charge >= 0.3 is 5.97 Å². The average molecular weight is 397 g/mol. The van der Waals surface area contributed by atoms with Crippen LogP contribution in [-0.4, -0.2) is 64.8 Å². The molecular formula is C17H21BrN2O4. The number of piperidine rings is 1. The Morgan fingerprint density at radius 2 is 1.92 bits per heavy atom. The lowest BCUT2D eigenvalue weighted by Crippen LogP contribution is -2.58. The van der Waals surface area contributed by atoms with Crippen molar-refractivity contribution < 1.29 is 19.4 Å². The Bertz CT molecular complexity index is 626. The number of aliphatic carboxylic acids is 1. The van der Waals surface area contributed by atoms with Crippen LogP contribution in [0.2, 0.25) is 0 Å². The average Bonchev–Trinajstić information content (AvgIpc) is 2.95. The van der Waals surface area contributed by atoms with Crippen molar-refractivity contribution in [1.82, 2.24) is 9.80 Å². The fourth-order valence-corrected chi connectivity index (χ4v) is 3.77. The molecule has 0 saturated carbocycles. The van der Waals surface area contributed by atoms with Crippen LogP contribution in [0.1, 0.15) is 30.1 Å². The van der Waals surface area contributed by atoms with E-state index in [2.05, 4.69) is 27.8 Å². The minimum absolute atomic E-state index is 0.0454. The van der Waals surface area contributed by atoms with Gasteiger partial charge in [0, 0.05) is 36.0 Å². The van der Waals surface area contributed by atoms with E-state index in [1.807, 2.05) is 0 Å². The largest absolute Gasteiger partial charge is 0.480 e. The third kappa shape index (κ3) is 3.08. The predicted molar refractivity (Wildman–Crippen MR) is 91.8 cm³/mol. The maximum absolute atomic E-state index is 13.1. The molecule has 0 aromatic heterocycles. The van der Waals surface area contributed by atoms with Gasteiger partial charge in [0.2, 0.25) is 0 Å². The summed E-state index contributed by atoms with van der Waals surface area (Å²) in [5.74, 6) is -1.30. The van der Waals surface area contributed by atoms with Crippen LogP contribution in [0, 0.1) is 0 Å². The van der Waals surface area contributed by atoms with Crippen molar-refractivity contribution in [3.63, 3.8) is 0 Å². The molecule has 1 atom stereocenters. The first kappa shape index (κ1) is 17.4. The van der Waals surface area contributed by atoms with E-state index >= 15 is 0 Å². The molecule has 1 aromatic carbocycles. The molecule has 2 heterocycles. The number of rotatable bonds is 3. The molecular weight excluding hydrogens is 376 g/mol. The Morgan fingerprint density at radius 3 is 2.46 bits per heavy atom. The quantitative estimate of drug-likeness (QED) is 0.847. The number of carboxylic acid groups (broad SMARTS) is 1. The van der Waals surface area contributed by atoms with E-state index in [1.54, 1.807) is 24.3 Å². The van der Waals surface area contributed by atoms with Crippen molar-refractivity contribution in [2.75, 3.05) is 26.2 Å². The number of halogens is 1. The number of carbonyl (C=O) groups excluding carboxylic acids is 1. The predicted octanol–water partition coefficient (Wildman–Crippen LogP) is 2.19. The molecule has 6 nitrogen and oxygen atoms in total. The van der Waals surface area contributed by atoms with Gasteiger partial charge in [-0.2, -0.15) is 0 Å². The summed E-state index contributed by atoms with van der Waals surface area (Å²) in [6.07, 6.45) is 1.26. The molecule has 3 rings (SSSR count). The van der Waals surface area contributed by atoms with Crippen LogP contribution in [-0.2, 0) is 9.53 Å². The maximum Gasteiger partial charge on any atom is 0.328 e. The number of hydrogen-bond acceptors (Lipinski definition) is 4. The van der Waals surface area contributed by atoms with Gasteiger partial charge in [0.15, 0.2) is 6.04 Å². The summed E-state index contributed by atoms with van der Waals surface area (Å²) < 4.78 is 6.79. The summed E-state index contributed by atoms with van der Waals surface area (Å²) in [4.78, 5) is 28.5. The Balaban J connectivity index is 1.91. The molecule has 1 N–H and O–H groups in total. The highest BCUT2D eigenvalue weighted by molar-refractivity contribution is 9.10. The van der Waals surface area contributed by atoms with Crippen molar-refractivity contribution in [3.8, 4) is 0 Å². The van der Waals surface area contributed by atoms with Gasteiger partial charge < -0.3 is 14.7 Å². The van der Waals surface area contributed by atoms with Crippen molar-refractivity contribution >= 4 is 27.8 Å². The molecule has 1 spiro atoms. The van der Waals surface area contributed by atoms with E-state index in [-0.39, 0.29) is 12.5 Å². The number of nitrogens with zero attached hydrogens (tertiary/aromatic N) is 2. The summed E-state index contributed by atoms with van der Waals surface area (Å²) in [5.41, 5.74) is -0.328. The van der Waals surface area contributed by atoms with Crippen LogP contribution in [0.25, 0.3) is 0 Å². The second-order valence-corrected chi connectivity index (χ2v) is 7.14. The molecule has 24 heavy (non-hydrogen) atoms. The van der Waals surface area contributed by atoms with E-state index in [4.69, 9.17) is 4.74 Å². The second-order valence-electron chi connectivity index (χ2n) is 6.23. The van der Waals surface area contributed by atoms with Crippen LogP contribution in [0.15, 0.2) is 28.7 Å². The zero-order chi connectivity index (χ0) is 17.3. The number of benzene rings is 1. The lowest BCUT2D eigenvalue weighted by atomic mass is 9.97.